The standard InChI is InChI=1S/C13H17N3OS/c1-2-3-6-16-13(17)10(9-14)8-11(15-16)12-5-4-7-18-12/h4-5,7-8H,2-3,6,9,14H2,1H3. The number of aromatic nitrogens is 2. The van der Waals surface area contributed by atoms with Crippen molar-refractivity contribution in [1.29, 1.82) is 0 Å². The molecule has 0 bridgehead atoms. The van der Waals surface area contributed by atoms with Crippen LogP contribution in [0.1, 0.15) is 25.3 Å². The minimum atomic E-state index is -0.0637. The van der Waals surface area contributed by atoms with Crippen molar-refractivity contribution in [1.82, 2.24) is 9.78 Å². The van der Waals surface area contributed by atoms with E-state index in [2.05, 4.69) is 12.0 Å². The number of hydrogen-bond donors (Lipinski definition) is 1. The van der Waals surface area contributed by atoms with E-state index in [1.807, 2.05) is 17.5 Å². The number of rotatable bonds is 5. The van der Waals surface area contributed by atoms with Crippen LogP contribution in [0.3, 0.4) is 0 Å². The topological polar surface area (TPSA) is 60.9 Å². The van der Waals surface area contributed by atoms with Gasteiger partial charge in [0.25, 0.3) is 5.56 Å². The van der Waals surface area contributed by atoms with Crippen molar-refractivity contribution in [2.24, 2.45) is 5.73 Å². The molecule has 0 saturated carbocycles. The highest BCUT2D eigenvalue weighted by molar-refractivity contribution is 7.13. The van der Waals surface area contributed by atoms with Crippen LogP contribution < -0.4 is 11.3 Å². The molecule has 0 aliphatic heterocycles. The van der Waals surface area contributed by atoms with Gasteiger partial charge in [0.1, 0.15) is 5.69 Å². The van der Waals surface area contributed by atoms with Crippen LogP contribution >= 0.6 is 11.3 Å². The highest BCUT2D eigenvalue weighted by Gasteiger charge is 2.09. The van der Waals surface area contributed by atoms with Crippen LogP contribution in [-0.4, -0.2) is 9.78 Å². The molecular formula is C13H17N3OS. The first-order chi connectivity index (χ1) is 8.76. The van der Waals surface area contributed by atoms with Crippen molar-refractivity contribution < 1.29 is 0 Å². The molecule has 2 N–H and O–H groups in total. The minimum Gasteiger partial charge on any atom is -0.326 e. The third-order valence-corrected chi connectivity index (χ3v) is 3.66. The monoisotopic (exact) mass is 263 g/mol. The third-order valence-electron chi connectivity index (χ3n) is 2.77. The number of aryl methyl sites for hydroxylation is 1. The summed E-state index contributed by atoms with van der Waals surface area (Å²) in [6, 6.07) is 5.78. The molecule has 0 amide bonds. The largest absolute Gasteiger partial charge is 0.326 e. The van der Waals surface area contributed by atoms with Gasteiger partial charge in [0, 0.05) is 18.7 Å². The van der Waals surface area contributed by atoms with Crippen LogP contribution in [0.25, 0.3) is 10.6 Å². The number of thiophene rings is 1. The highest BCUT2D eigenvalue weighted by Crippen LogP contribution is 2.22. The number of unbranched alkanes of at least 4 members (excludes halogenated alkanes) is 1. The van der Waals surface area contributed by atoms with E-state index < -0.39 is 0 Å². The van der Waals surface area contributed by atoms with E-state index in [-0.39, 0.29) is 12.1 Å². The quantitative estimate of drug-likeness (QED) is 0.900. The summed E-state index contributed by atoms with van der Waals surface area (Å²) in [5, 5.41) is 6.42. The maximum absolute atomic E-state index is 12.1. The average Bonchev–Trinajstić information content (AvgIpc) is 2.91. The molecule has 4 nitrogen and oxygen atoms in total. The Kier molecular flexibility index (Phi) is 4.28. The van der Waals surface area contributed by atoms with Crippen LogP contribution in [0.4, 0.5) is 0 Å². The van der Waals surface area contributed by atoms with Crippen LogP contribution in [0, 0.1) is 0 Å². The van der Waals surface area contributed by atoms with Gasteiger partial charge in [-0.25, -0.2) is 4.68 Å². The fourth-order valence-corrected chi connectivity index (χ4v) is 2.43. The number of nitrogens with zero attached hydrogens (tertiary/aromatic N) is 2. The fraction of sp³-hybridized carbons (Fsp3) is 0.385. The van der Waals surface area contributed by atoms with Gasteiger partial charge >= 0.3 is 0 Å². The SMILES string of the molecule is CCCCn1nc(-c2cccs2)cc(CN)c1=O. The van der Waals surface area contributed by atoms with Crippen molar-refractivity contribution in [2.75, 3.05) is 0 Å². The molecule has 96 valence electrons. The Hall–Kier alpha value is -1.46. The molecule has 0 spiro atoms. The molecule has 2 rings (SSSR count). The van der Waals surface area contributed by atoms with Crippen molar-refractivity contribution in [3.63, 3.8) is 0 Å². The van der Waals surface area contributed by atoms with Crippen molar-refractivity contribution in [3.8, 4) is 10.6 Å². The predicted molar refractivity (Wildman–Crippen MR) is 74.6 cm³/mol. The smallest absolute Gasteiger partial charge is 0.271 e. The Morgan fingerprint density at radius 3 is 2.94 bits per heavy atom. The first kappa shape index (κ1) is 13.0. The summed E-state index contributed by atoms with van der Waals surface area (Å²) in [5.74, 6) is 0. The lowest BCUT2D eigenvalue weighted by atomic mass is 10.2. The Morgan fingerprint density at radius 1 is 1.50 bits per heavy atom. The summed E-state index contributed by atoms with van der Waals surface area (Å²) in [5.41, 5.74) is 7.03. The maximum Gasteiger partial charge on any atom is 0.271 e. The zero-order valence-electron chi connectivity index (χ0n) is 10.4. The summed E-state index contributed by atoms with van der Waals surface area (Å²) in [6.45, 7) is 3.01. The summed E-state index contributed by atoms with van der Waals surface area (Å²) in [7, 11) is 0. The summed E-state index contributed by atoms with van der Waals surface area (Å²) >= 11 is 1.61. The molecule has 2 heterocycles. The van der Waals surface area contributed by atoms with E-state index >= 15 is 0 Å². The van der Waals surface area contributed by atoms with Crippen LogP contribution in [-0.2, 0) is 13.1 Å². The molecule has 18 heavy (non-hydrogen) atoms. The lowest BCUT2D eigenvalue weighted by Gasteiger charge is -2.08. The van der Waals surface area contributed by atoms with Gasteiger partial charge in [-0.05, 0) is 23.9 Å². The molecule has 0 saturated heterocycles. The zero-order valence-corrected chi connectivity index (χ0v) is 11.2. The average molecular weight is 263 g/mol. The summed E-state index contributed by atoms with van der Waals surface area (Å²) < 4.78 is 1.54. The van der Waals surface area contributed by atoms with E-state index in [4.69, 9.17) is 5.73 Å². The number of hydrogen-bond acceptors (Lipinski definition) is 4. The van der Waals surface area contributed by atoms with Crippen LogP contribution in [0.15, 0.2) is 28.4 Å². The van der Waals surface area contributed by atoms with E-state index in [1.165, 1.54) is 0 Å². The van der Waals surface area contributed by atoms with Gasteiger partial charge in [0.05, 0.1) is 4.88 Å². The van der Waals surface area contributed by atoms with Crippen LogP contribution in [0.5, 0.6) is 0 Å². The molecule has 5 heteroatoms. The van der Waals surface area contributed by atoms with Gasteiger partial charge in [-0.3, -0.25) is 4.79 Å². The van der Waals surface area contributed by atoms with Crippen molar-refractivity contribution >= 4 is 11.3 Å². The molecule has 0 unspecified atom stereocenters. The fourth-order valence-electron chi connectivity index (χ4n) is 1.75. The van der Waals surface area contributed by atoms with E-state index in [1.54, 1.807) is 22.1 Å². The molecule has 0 atom stereocenters. The van der Waals surface area contributed by atoms with Crippen LogP contribution in [0.2, 0.25) is 0 Å². The second-order valence-electron chi connectivity index (χ2n) is 4.12. The molecule has 0 aromatic carbocycles. The summed E-state index contributed by atoms with van der Waals surface area (Å²) in [4.78, 5) is 13.1. The normalized spacial score (nSPS) is 10.8. The molecular weight excluding hydrogens is 246 g/mol. The van der Waals surface area contributed by atoms with E-state index in [0.29, 0.717) is 12.1 Å². The predicted octanol–water partition coefficient (Wildman–Crippen LogP) is 2.23. The highest BCUT2D eigenvalue weighted by atomic mass is 32.1. The van der Waals surface area contributed by atoms with Crippen molar-refractivity contribution in [2.45, 2.75) is 32.9 Å². The van der Waals surface area contributed by atoms with Gasteiger partial charge in [0.15, 0.2) is 0 Å². The molecule has 2 aromatic heterocycles. The molecule has 0 aliphatic rings. The Labute approximate surface area is 110 Å². The Bertz CT molecular complexity index is 560. The summed E-state index contributed by atoms with van der Waals surface area (Å²) in [6.07, 6.45) is 1.99. The van der Waals surface area contributed by atoms with Gasteiger partial charge in [-0.1, -0.05) is 19.4 Å². The molecule has 0 fully saturated rings. The lowest BCUT2D eigenvalue weighted by molar-refractivity contribution is 0.540. The first-order valence-electron chi connectivity index (χ1n) is 6.11. The molecule has 2 aromatic rings. The van der Waals surface area contributed by atoms with Gasteiger partial charge < -0.3 is 5.73 Å². The van der Waals surface area contributed by atoms with E-state index in [0.717, 1.165) is 23.4 Å². The minimum absolute atomic E-state index is 0.0637. The second-order valence-corrected chi connectivity index (χ2v) is 5.07. The lowest BCUT2D eigenvalue weighted by Crippen LogP contribution is -2.28. The first-order valence-corrected chi connectivity index (χ1v) is 6.99. The maximum atomic E-state index is 12.1. The second kappa shape index (κ2) is 5.93. The molecule has 0 radical (unpaired) electrons. The Balaban J connectivity index is 2.46. The van der Waals surface area contributed by atoms with Gasteiger partial charge in [-0.15, -0.1) is 11.3 Å². The third kappa shape index (κ3) is 2.68. The Morgan fingerprint density at radius 2 is 2.33 bits per heavy atom. The van der Waals surface area contributed by atoms with Gasteiger partial charge in [-0.2, -0.15) is 5.10 Å². The van der Waals surface area contributed by atoms with Gasteiger partial charge in [0.2, 0.25) is 0 Å². The number of nitrogens with two attached hydrogens (primary N) is 1. The van der Waals surface area contributed by atoms with Crippen molar-refractivity contribution in [3.05, 3.63) is 39.5 Å². The molecule has 0 aliphatic carbocycles. The zero-order chi connectivity index (χ0) is 13.0. The van der Waals surface area contributed by atoms with E-state index in [9.17, 15) is 4.79 Å².